The summed E-state index contributed by atoms with van der Waals surface area (Å²) in [6, 6.07) is 20.2. The highest BCUT2D eigenvalue weighted by molar-refractivity contribution is 7.88. The molecule has 0 bridgehead atoms. The Bertz CT molecular complexity index is 1170. The summed E-state index contributed by atoms with van der Waals surface area (Å²) in [6.45, 7) is -0.222. The number of carbonyl (C=O) groups is 2. The number of likely N-dealkylation sites (N-methyl/N-ethyl adjacent to an activating group) is 1. The standard InChI is InChI=1S/C25H27N3O5S/c1-28(17-24(29)33-18-20-9-4-2-5-10-20)25(30)23(15-22-13-8-14-26-16-22)27-34(31,32)19-21-11-6-3-7-12-21/h2-14,16,23,27H,15,17-19H2,1H3. The second kappa shape index (κ2) is 12.1. The highest BCUT2D eigenvalue weighted by Crippen LogP contribution is 2.10. The molecule has 1 amide bonds. The van der Waals surface area contributed by atoms with Crippen LogP contribution in [0.4, 0.5) is 0 Å². The van der Waals surface area contributed by atoms with E-state index in [9.17, 15) is 18.0 Å². The van der Waals surface area contributed by atoms with Gasteiger partial charge in [-0.3, -0.25) is 14.6 Å². The number of nitrogens with one attached hydrogen (secondary N) is 1. The van der Waals surface area contributed by atoms with Crippen LogP contribution < -0.4 is 4.72 Å². The van der Waals surface area contributed by atoms with Crippen molar-refractivity contribution in [1.29, 1.82) is 0 Å². The minimum Gasteiger partial charge on any atom is -0.459 e. The molecule has 34 heavy (non-hydrogen) atoms. The van der Waals surface area contributed by atoms with Crippen molar-refractivity contribution in [2.75, 3.05) is 13.6 Å². The molecule has 0 radical (unpaired) electrons. The molecule has 1 heterocycles. The molecule has 2 aromatic carbocycles. The maximum atomic E-state index is 13.2. The van der Waals surface area contributed by atoms with E-state index in [-0.39, 0.29) is 25.3 Å². The number of amides is 1. The molecule has 9 heteroatoms. The van der Waals surface area contributed by atoms with Crippen LogP contribution in [-0.4, -0.2) is 49.8 Å². The molecule has 1 unspecified atom stereocenters. The molecule has 8 nitrogen and oxygen atoms in total. The van der Waals surface area contributed by atoms with Gasteiger partial charge in [0.25, 0.3) is 0 Å². The number of hydrogen-bond acceptors (Lipinski definition) is 6. The number of aromatic nitrogens is 1. The van der Waals surface area contributed by atoms with Crippen LogP contribution in [0.5, 0.6) is 0 Å². The number of rotatable bonds is 11. The third-order valence-electron chi connectivity index (χ3n) is 4.97. The van der Waals surface area contributed by atoms with Crippen LogP contribution in [0, 0.1) is 0 Å². The van der Waals surface area contributed by atoms with Gasteiger partial charge in [0.15, 0.2) is 0 Å². The second-order valence-corrected chi connectivity index (χ2v) is 9.57. The van der Waals surface area contributed by atoms with E-state index in [4.69, 9.17) is 4.74 Å². The van der Waals surface area contributed by atoms with Crippen molar-refractivity contribution in [1.82, 2.24) is 14.6 Å². The maximum absolute atomic E-state index is 13.2. The van der Waals surface area contributed by atoms with E-state index >= 15 is 0 Å². The first kappa shape index (κ1) is 25.1. The number of sulfonamides is 1. The average molecular weight is 482 g/mol. The van der Waals surface area contributed by atoms with Gasteiger partial charge in [-0.25, -0.2) is 13.1 Å². The molecule has 0 aliphatic heterocycles. The van der Waals surface area contributed by atoms with Crippen LogP contribution in [0.25, 0.3) is 0 Å². The predicted octanol–water partition coefficient (Wildman–Crippen LogP) is 2.31. The number of ether oxygens (including phenoxy) is 1. The Hall–Kier alpha value is -3.56. The minimum absolute atomic E-state index is 0.0874. The number of nitrogens with zero attached hydrogens (tertiary/aromatic N) is 2. The Morgan fingerprint density at radius 1 is 0.941 bits per heavy atom. The summed E-state index contributed by atoms with van der Waals surface area (Å²) in [5.74, 6) is -1.41. The lowest BCUT2D eigenvalue weighted by atomic mass is 10.1. The van der Waals surface area contributed by atoms with Crippen LogP contribution in [0.3, 0.4) is 0 Å². The molecule has 3 rings (SSSR count). The Morgan fingerprint density at radius 2 is 1.56 bits per heavy atom. The largest absolute Gasteiger partial charge is 0.459 e. The topological polar surface area (TPSA) is 106 Å². The van der Waals surface area contributed by atoms with Crippen molar-refractivity contribution in [3.05, 3.63) is 102 Å². The molecule has 0 aliphatic rings. The Kier molecular flexibility index (Phi) is 8.89. The molecular weight excluding hydrogens is 454 g/mol. The predicted molar refractivity (Wildman–Crippen MR) is 128 cm³/mol. The lowest BCUT2D eigenvalue weighted by molar-refractivity contribution is -0.150. The molecule has 0 saturated carbocycles. The van der Waals surface area contributed by atoms with E-state index in [0.29, 0.717) is 11.1 Å². The van der Waals surface area contributed by atoms with Crippen LogP contribution in [0.15, 0.2) is 85.2 Å². The first-order chi connectivity index (χ1) is 16.3. The summed E-state index contributed by atoms with van der Waals surface area (Å²) in [5, 5.41) is 0. The van der Waals surface area contributed by atoms with Crippen molar-refractivity contribution < 1.29 is 22.7 Å². The first-order valence-electron chi connectivity index (χ1n) is 10.7. The average Bonchev–Trinajstić information content (AvgIpc) is 2.83. The van der Waals surface area contributed by atoms with E-state index in [1.54, 1.807) is 54.9 Å². The van der Waals surface area contributed by atoms with Gasteiger partial charge in [0.1, 0.15) is 19.2 Å². The first-order valence-corrected chi connectivity index (χ1v) is 12.3. The fourth-order valence-corrected chi connectivity index (χ4v) is 4.64. The van der Waals surface area contributed by atoms with E-state index in [0.717, 1.165) is 5.56 Å². The molecule has 1 atom stereocenters. The third-order valence-corrected chi connectivity index (χ3v) is 6.32. The van der Waals surface area contributed by atoms with Gasteiger partial charge in [-0.15, -0.1) is 0 Å². The Balaban J connectivity index is 1.67. The van der Waals surface area contributed by atoms with Crippen molar-refractivity contribution in [3.63, 3.8) is 0 Å². The van der Waals surface area contributed by atoms with Gasteiger partial charge in [-0.05, 0) is 29.2 Å². The quantitative estimate of drug-likeness (QED) is 0.422. The normalized spacial score (nSPS) is 12.0. The highest BCUT2D eigenvalue weighted by Gasteiger charge is 2.28. The smallest absolute Gasteiger partial charge is 0.325 e. The van der Waals surface area contributed by atoms with Gasteiger partial charge in [-0.1, -0.05) is 66.7 Å². The van der Waals surface area contributed by atoms with E-state index in [2.05, 4.69) is 9.71 Å². The zero-order chi connectivity index (χ0) is 24.4. The van der Waals surface area contributed by atoms with E-state index < -0.39 is 27.9 Å². The fourth-order valence-electron chi connectivity index (χ4n) is 3.31. The molecule has 0 aliphatic carbocycles. The van der Waals surface area contributed by atoms with Gasteiger partial charge in [-0.2, -0.15) is 0 Å². The molecule has 0 spiro atoms. The van der Waals surface area contributed by atoms with Crippen LogP contribution in [0.1, 0.15) is 16.7 Å². The number of carbonyl (C=O) groups excluding carboxylic acids is 2. The molecule has 0 saturated heterocycles. The summed E-state index contributed by atoms with van der Waals surface area (Å²) in [7, 11) is -2.40. The van der Waals surface area contributed by atoms with Gasteiger partial charge in [0.05, 0.1) is 5.75 Å². The summed E-state index contributed by atoms with van der Waals surface area (Å²) in [4.78, 5) is 30.6. The molecule has 178 valence electrons. The zero-order valence-electron chi connectivity index (χ0n) is 18.8. The lowest BCUT2D eigenvalue weighted by Gasteiger charge is -2.24. The Morgan fingerprint density at radius 3 is 2.18 bits per heavy atom. The number of pyridine rings is 1. The van der Waals surface area contributed by atoms with Crippen molar-refractivity contribution >= 4 is 21.9 Å². The number of esters is 1. The summed E-state index contributed by atoms with van der Waals surface area (Å²) in [5.41, 5.74) is 2.11. The molecule has 3 aromatic rings. The van der Waals surface area contributed by atoms with Crippen molar-refractivity contribution in [2.24, 2.45) is 0 Å². The van der Waals surface area contributed by atoms with Gasteiger partial charge in [0.2, 0.25) is 15.9 Å². The molecule has 0 fully saturated rings. The SMILES string of the molecule is CN(CC(=O)OCc1ccccc1)C(=O)C(Cc1cccnc1)NS(=O)(=O)Cc1ccccc1. The summed E-state index contributed by atoms with van der Waals surface area (Å²) in [6.07, 6.45) is 3.25. The lowest BCUT2D eigenvalue weighted by Crippen LogP contribution is -2.50. The second-order valence-electron chi connectivity index (χ2n) is 7.82. The van der Waals surface area contributed by atoms with Gasteiger partial charge >= 0.3 is 5.97 Å². The summed E-state index contributed by atoms with van der Waals surface area (Å²) < 4.78 is 33.4. The molecule has 1 N–H and O–H groups in total. The van der Waals surface area contributed by atoms with E-state index in [1.807, 2.05) is 30.3 Å². The van der Waals surface area contributed by atoms with Gasteiger partial charge < -0.3 is 9.64 Å². The number of hydrogen-bond donors (Lipinski definition) is 1. The zero-order valence-corrected chi connectivity index (χ0v) is 19.6. The Labute approximate surface area is 199 Å². The highest BCUT2D eigenvalue weighted by atomic mass is 32.2. The van der Waals surface area contributed by atoms with Crippen LogP contribution in [0.2, 0.25) is 0 Å². The van der Waals surface area contributed by atoms with Gasteiger partial charge in [0, 0.05) is 19.4 Å². The van der Waals surface area contributed by atoms with Crippen LogP contribution in [-0.2, 0) is 43.1 Å². The minimum atomic E-state index is -3.84. The molecular formula is C25H27N3O5S. The fraction of sp³-hybridized carbons (Fsp3) is 0.240. The maximum Gasteiger partial charge on any atom is 0.325 e. The number of benzene rings is 2. The molecule has 1 aromatic heterocycles. The van der Waals surface area contributed by atoms with Crippen LogP contribution >= 0.6 is 0 Å². The summed E-state index contributed by atoms with van der Waals surface area (Å²) >= 11 is 0. The monoisotopic (exact) mass is 481 g/mol. The third kappa shape index (κ3) is 8.09. The van der Waals surface area contributed by atoms with Crippen molar-refractivity contribution in [3.8, 4) is 0 Å². The van der Waals surface area contributed by atoms with E-state index in [1.165, 1.54) is 11.9 Å². The van der Waals surface area contributed by atoms with Crippen molar-refractivity contribution in [2.45, 2.75) is 24.8 Å².